The minimum Gasteiger partial charge on any atom is -0.343 e. The molecule has 3 atom stereocenters. The predicted molar refractivity (Wildman–Crippen MR) is 110 cm³/mol. The van der Waals surface area contributed by atoms with Gasteiger partial charge in [0.15, 0.2) is 0 Å². The molecule has 3 amide bonds. The highest BCUT2D eigenvalue weighted by Gasteiger charge is 2.62. The lowest BCUT2D eigenvalue weighted by molar-refractivity contribution is -0.174. The molecule has 176 valence electrons. The first-order valence-electron chi connectivity index (χ1n) is 10.0. The Morgan fingerprint density at radius 3 is 2.10 bits per heavy atom. The molecule has 2 fully saturated rings. The molecule has 2 aliphatic rings. The molecule has 0 aromatic heterocycles. The number of fused-ring (bicyclic) bond motifs is 1. The summed E-state index contributed by atoms with van der Waals surface area (Å²) in [6.07, 6.45) is -2.34. The average Bonchev–Trinajstić information content (AvgIpc) is 3.00. The lowest BCUT2D eigenvalue weighted by Crippen LogP contribution is -2.44. The third-order valence-corrected chi connectivity index (χ3v) is 4.96. The number of nitrogens with one attached hydrogen (secondary N) is 2. The van der Waals surface area contributed by atoms with Gasteiger partial charge in [-0.15, -0.1) is 6.58 Å². The number of halogens is 3. The Bertz CT molecular complexity index is 645. The molecular formula is C21H33F3N4O3. The lowest BCUT2D eigenvalue weighted by atomic mass is 10.1. The van der Waals surface area contributed by atoms with Crippen LogP contribution < -0.4 is 10.6 Å². The number of likely N-dealkylation sites (tertiary alicyclic amines) is 1. The molecule has 10 heteroatoms. The Hall–Kier alpha value is -2.57. The minimum absolute atomic E-state index is 0.242. The summed E-state index contributed by atoms with van der Waals surface area (Å²) in [5, 5.41) is 12.2. The molecule has 0 spiro atoms. The van der Waals surface area contributed by atoms with Crippen molar-refractivity contribution in [1.82, 2.24) is 15.5 Å². The van der Waals surface area contributed by atoms with Crippen LogP contribution in [0.5, 0.6) is 0 Å². The summed E-state index contributed by atoms with van der Waals surface area (Å²) in [5.74, 6) is -0.796. The largest absolute Gasteiger partial charge is 0.471 e. The number of hydrogen-bond donors (Lipinski definition) is 2. The Balaban J connectivity index is 0.000000581. The molecule has 31 heavy (non-hydrogen) atoms. The van der Waals surface area contributed by atoms with Crippen LogP contribution >= 0.6 is 0 Å². The van der Waals surface area contributed by atoms with Crippen molar-refractivity contribution >= 4 is 18.2 Å². The van der Waals surface area contributed by atoms with E-state index in [4.69, 9.17) is 5.26 Å². The van der Waals surface area contributed by atoms with E-state index in [0.29, 0.717) is 37.8 Å². The molecule has 0 radical (unpaired) electrons. The Kier molecular flexibility index (Phi) is 11.3. The van der Waals surface area contributed by atoms with Crippen LogP contribution in [-0.2, 0) is 14.4 Å². The maximum Gasteiger partial charge on any atom is 0.471 e. The summed E-state index contributed by atoms with van der Waals surface area (Å²) in [6.45, 7) is 14.7. The van der Waals surface area contributed by atoms with Gasteiger partial charge in [-0.05, 0) is 29.6 Å². The van der Waals surface area contributed by atoms with Crippen molar-refractivity contribution in [3.05, 3.63) is 12.7 Å². The van der Waals surface area contributed by atoms with E-state index in [0.717, 1.165) is 5.92 Å². The van der Waals surface area contributed by atoms with Gasteiger partial charge < -0.3 is 15.5 Å². The van der Waals surface area contributed by atoms with Gasteiger partial charge in [0.2, 0.25) is 12.3 Å². The van der Waals surface area contributed by atoms with Gasteiger partial charge in [-0.3, -0.25) is 14.4 Å². The fourth-order valence-corrected chi connectivity index (χ4v) is 3.11. The molecule has 0 aromatic carbocycles. The maximum absolute atomic E-state index is 11.9. The minimum atomic E-state index is -4.94. The smallest absolute Gasteiger partial charge is 0.343 e. The van der Waals surface area contributed by atoms with E-state index < -0.39 is 30.6 Å². The molecule has 1 heterocycles. The number of carbonyl (C=O) groups is 3. The number of carbonyl (C=O) groups excluding carboxylic acids is 3. The zero-order chi connectivity index (χ0) is 24.4. The summed E-state index contributed by atoms with van der Waals surface area (Å²) in [6, 6.07) is 1.47. The van der Waals surface area contributed by atoms with E-state index in [9.17, 15) is 27.6 Å². The fraction of sp³-hybridized carbons (Fsp3) is 0.714. The first-order chi connectivity index (χ1) is 14.2. The van der Waals surface area contributed by atoms with E-state index >= 15 is 0 Å². The second-order valence-electron chi connectivity index (χ2n) is 8.74. The van der Waals surface area contributed by atoms with E-state index in [-0.39, 0.29) is 5.41 Å². The van der Waals surface area contributed by atoms with Gasteiger partial charge in [-0.25, -0.2) is 0 Å². The van der Waals surface area contributed by atoms with Gasteiger partial charge in [0.1, 0.15) is 6.04 Å². The maximum atomic E-state index is 11.9. The van der Waals surface area contributed by atoms with Gasteiger partial charge >= 0.3 is 12.1 Å². The van der Waals surface area contributed by atoms with Crippen LogP contribution in [0.1, 0.15) is 41.0 Å². The lowest BCUT2D eigenvalue weighted by Gasteiger charge is -2.22. The second kappa shape index (κ2) is 12.3. The molecule has 1 aliphatic heterocycles. The Labute approximate surface area is 182 Å². The van der Waals surface area contributed by atoms with Crippen LogP contribution in [0.15, 0.2) is 12.7 Å². The van der Waals surface area contributed by atoms with Gasteiger partial charge in [-0.1, -0.05) is 40.7 Å². The molecule has 7 nitrogen and oxygen atoms in total. The van der Waals surface area contributed by atoms with Crippen molar-refractivity contribution in [2.24, 2.45) is 23.2 Å². The molecule has 0 aromatic rings. The third kappa shape index (κ3) is 9.85. The third-order valence-electron chi connectivity index (χ3n) is 4.96. The van der Waals surface area contributed by atoms with Crippen molar-refractivity contribution in [2.45, 2.75) is 53.3 Å². The van der Waals surface area contributed by atoms with E-state index in [1.807, 2.05) is 6.07 Å². The average molecular weight is 447 g/mol. The highest BCUT2D eigenvalue weighted by atomic mass is 19.4. The zero-order valence-corrected chi connectivity index (χ0v) is 18.8. The highest BCUT2D eigenvalue weighted by molar-refractivity contribution is 5.87. The van der Waals surface area contributed by atoms with Crippen LogP contribution in [0.25, 0.3) is 0 Å². The zero-order valence-electron chi connectivity index (χ0n) is 18.8. The van der Waals surface area contributed by atoms with Crippen molar-refractivity contribution < 1.29 is 27.6 Å². The first kappa shape index (κ1) is 28.4. The van der Waals surface area contributed by atoms with Crippen LogP contribution in [0.2, 0.25) is 0 Å². The summed E-state index contributed by atoms with van der Waals surface area (Å²) in [4.78, 5) is 33.4. The van der Waals surface area contributed by atoms with Crippen molar-refractivity contribution in [1.29, 1.82) is 5.26 Å². The monoisotopic (exact) mass is 446 g/mol. The van der Waals surface area contributed by atoms with E-state index in [1.54, 1.807) is 11.4 Å². The van der Waals surface area contributed by atoms with Gasteiger partial charge in [-0.2, -0.15) is 18.4 Å². The number of nitriles is 1. The van der Waals surface area contributed by atoms with Gasteiger partial charge in [0.25, 0.3) is 0 Å². The first-order valence-corrected chi connectivity index (χ1v) is 10.0. The summed E-state index contributed by atoms with van der Waals surface area (Å²) < 4.78 is 35.7. The molecule has 3 unspecified atom stereocenters. The normalized spacial score (nSPS) is 21.1. The van der Waals surface area contributed by atoms with Crippen LogP contribution in [-0.4, -0.2) is 55.0 Å². The van der Waals surface area contributed by atoms with Crippen LogP contribution in [0.4, 0.5) is 13.2 Å². The predicted octanol–water partition coefficient (Wildman–Crippen LogP) is 2.64. The molecule has 1 saturated carbocycles. The number of rotatable bonds is 6. The van der Waals surface area contributed by atoms with E-state index in [2.05, 4.69) is 46.5 Å². The molecule has 2 N–H and O–H groups in total. The summed E-state index contributed by atoms with van der Waals surface area (Å²) in [5.41, 5.74) is 0.242. The molecule has 1 saturated heterocycles. The van der Waals surface area contributed by atoms with Crippen molar-refractivity contribution in [3.63, 3.8) is 0 Å². The Morgan fingerprint density at radius 1 is 1.26 bits per heavy atom. The fourth-order valence-electron chi connectivity index (χ4n) is 3.11. The molecule has 0 bridgehead atoms. The topological polar surface area (TPSA) is 102 Å². The Morgan fingerprint density at radius 2 is 1.74 bits per heavy atom. The van der Waals surface area contributed by atoms with Gasteiger partial charge in [0.05, 0.1) is 12.6 Å². The van der Waals surface area contributed by atoms with E-state index in [1.165, 1.54) is 4.90 Å². The van der Waals surface area contributed by atoms with Crippen LogP contribution in [0.3, 0.4) is 0 Å². The number of piperidine rings is 1. The van der Waals surface area contributed by atoms with Gasteiger partial charge in [0, 0.05) is 13.1 Å². The number of nitrogens with zero attached hydrogens (tertiary/aromatic N) is 2. The van der Waals surface area contributed by atoms with Crippen molar-refractivity contribution in [2.75, 3.05) is 19.6 Å². The standard InChI is InChI=1S/C11H15F3N2O2.C6H8N2O.C4H10/c1-10(2)6-4-16(5-7(6)10)8(17)3-15-9(18)11(12,13)14;1-2-3-6(4-7)8-5-9;1-4(2)3/h6-7H,3-5H2,1-2H3,(H,15,18);2,5-6H,1,3H2,(H,8,9);4H,1-3H3. The molecule has 1 aliphatic carbocycles. The SMILES string of the molecule is C=CCC(C#N)NC=O.CC(C)C.CC1(C)C2CN(C(=O)CNC(=O)C(F)(F)F)CC21. The summed E-state index contributed by atoms with van der Waals surface area (Å²) >= 11 is 0. The number of alkyl halides is 3. The molecule has 2 rings (SSSR count). The molecular weight excluding hydrogens is 413 g/mol. The van der Waals surface area contributed by atoms with Crippen molar-refractivity contribution in [3.8, 4) is 6.07 Å². The number of amides is 3. The number of hydrogen-bond acceptors (Lipinski definition) is 4. The highest BCUT2D eigenvalue weighted by Crippen LogP contribution is 2.61. The van der Waals surface area contributed by atoms with Crippen LogP contribution in [0, 0.1) is 34.5 Å². The quantitative estimate of drug-likeness (QED) is 0.484. The second-order valence-corrected chi connectivity index (χ2v) is 8.74. The summed E-state index contributed by atoms with van der Waals surface area (Å²) in [7, 11) is 0.